The van der Waals surface area contributed by atoms with Crippen LogP contribution in [-0.4, -0.2) is 29.7 Å². The lowest BCUT2D eigenvalue weighted by Gasteiger charge is -2.29. The Hall–Kier alpha value is -1.55. The zero-order chi connectivity index (χ0) is 14.2. The molecule has 1 saturated carbocycles. The predicted molar refractivity (Wildman–Crippen MR) is 78.9 cm³/mol. The van der Waals surface area contributed by atoms with Crippen molar-refractivity contribution in [1.29, 1.82) is 0 Å². The van der Waals surface area contributed by atoms with Gasteiger partial charge in [0.2, 0.25) is 0 Å². The van der Waals surface area contributed by atoms with E-state index in [2.05, 4.69) is 29.2 Å². The summed E-state index contributed by atoms with van der Waals surface area (Å²) in [5, 5.41) is 9.35. The molecule has 1 heterocycles. The molecule has 2 aliphatic rings. The molecule has 1 aliphatic carbocycles. The minimum absolute atomic E-state index is 0.104. The Balaban J connectivity index is 1.65. The van der Waals surface area contributed by atoms with Crippen LogP contribution >= 0.6 is 0 Å². The van der Waals surface area contributed by atoms with E-state index in [0.717, 1.165) is 38.8 Å². The molecule has 0 aromatic heterocycles. The molecule has 0 saturated heterocycles. The molecule has 2 unspecified atom stereocenters. The fourth-order valence-electron chi connectivity index (χ4n) is 3.74. The van der Waals surface area contributed by atoms with Crippen molar-refractivity contribution in [3.05, 3.63) is 29.8 Å². The molecule has 1 aliphatic heterocycles. The van der Waals surface area contributed by atoms with Gasteiger partial charge in [-0.15, -0.1) is 0 Å². The molecule has 0 spiro atoms. The molecule has 4 heteroatoms. The number of carbonyl (C=O) groups is 1. The first kappa shape index (κ1) is 13.4. The number of rotatable bonds is 4. The van der Waals surface area contributed by atoms with E-state index in [-0.39, 0.29) is 5.92 Å². The van der Waals surface area contributed by atoms with Gasteiger partial charge in [-0.1, -0.05) is 24.6 Å². The van der Waals surface area contributed by atoms with Crippen molar-refractivity contribution in [3.8, 4) is 0 Å². The second-order valence-corrected chi connectivity index (χ2v) is 6.09. The number of nitrogens with two attached hydrogens (primary N) is 1. The molecule has 1 aromatic carbocycles. The highest BCUT2D eigenvalue weighted by Crippen LogP contribution is 2.37. The summed E-state index contributed by atoms with van der Waals surface area (Å²) in [6.45, 7) is 1.95. The fourth-order valence-corrected chi connectivity index (χ4v) is 3.74. The summed E-state index contributed by atoms with van der Waals surface area (Å²) in [5.41, 5.74) is 7.81. The third kappa shape index (κ3) is 2.18. The van der Waals surface area contributed by atoms with Crippen LogP contribution in [0.25, 0.3) is 0 Å². The zero-order valence-corrected chi connectivity index (χ0v) is 11.7. The van der Waals surface area contributed by atoms with Gasteiger partial charge >= 0.3 is 5.97 Å². The normalized spacial score (nSPS) is 28.6. The average molecular weight is 274 g/mol. The van der Waals surface area contributed by atoms with Gasteiger partial charge < -0.3 is 15.7 Å². The van der Waals surface area contributed by atoms with Crippen LogP contribution in [0.2, 0.25) is 0 Å². The van der Waals surface area contributed by atoms with Crippen molar-refractivity contribution in [2.45, 2.75) is 37.6 Å². The maximum Gasteiger partial charge on any atom is 0.323 e. The number of benzene rings is 1. The molecule has 0 bridgehead atoms. The average Bonchev–Trinajstić information content (AvgIpc) is 3.01. The lowest BCUT2D eigenvalue weighted by molar-refractivity contribution is -0.144. The summed E-state index contributed by atoms with van der Waals surface area (Å²) in [6.07, 6.45) is 4.45. The minimum atomic E-state index is -1.00. The number of carboxylic acid groups (broad SMARTS) is 1. The van der Waals surface area contributed by atoms with E-state index in [0.29, 0.717) is 6.42 Å². The Morgan fingerprint density at radius 1 is 1.45 bits per heavy atom. The standard InChI is InChI=1S/C16H22N2O2/c17-16(15(19)20)9-3-5-13(16)8-11-18-10-7-12-4-1-2-6-14(12)18/h1-2,4,6,13H,3,5,7-11,17H2,(H,19,20). The van der Waals surface area contributed by atoms with E-state index in [1.807, 2.05) is 0 Å². The van der Waals surface area contributed by atoms with Crippen LogP contribution in [0.1, 0.15) is 31.2 Å². The Morgan fingerprint density at radius 2 is 2.25 bits per heavy atom. The zero-order valence-electron chi connectivity index (χ0n) is 11.7. The van der Waals surface area contributed by atoms with Gasteiger partial charge in [0.05, 0.1) is 0 Å². The van der Waals surface area contributed by atoms with E-state index in [4.69, 9.17) is 5.73 Å². The number of para-hydroxylation sites is 1. The number of hydrogen-bond donors (Lipinski definition) is 2. The second-order valence-electron chi connectivity index (χ2n) is 6.09. The highest BCUT2D eigenvalue weighted by atomic mass is 16.4. The fraction of sp³-hybridized carbons (Fsp3) is 0.562. The second kappa shape index (κ2) is 5.09. The molecule has 2 atom stereocenters. The molecule has 3 N–H and O–H groups in total. The lowest BCUT2D eigenvalue weighted by Crippen LogP contribution is -2.51. The van der Waals surface area contributed by atoms with E-state index >= 15 is 0 Å². The van der Waals surface area contributed by atoms with Crippen LogP contribution in [0.3, 0.4) is 0 Å². The number of anilines is 1. The number of aliphatic carboxylic acids is 1. The molecule has 0 radical (unpaired) electrons. The summed E-state index contributed by atoms with van der Waals surface area (Å²) >= 11 is 0. The maximum atomic E-state index is 11.4. The van der Waals surface area contributed by atoms with Gasteiger partial charge in [-0.2, -0.15) is 0 Å². The van der Waals surface area contributed by atoms with Crippen molar-refractivity contribution in [3.63, 3.8) is 0 Å². The first-order chi connectivity index (χ1) is 9.61. The number of nitrogens with zero attached hydrogens (tertiary/aromatic N) is 1. The smallest absolute Gasteiger partial charge is 0.323 e. The Labute approximate surface area is 119 Å². The molecule has 3 rings (SSSR count). The van der Waals surface area contributed by atoms with Crippen LogP contribution < -0.4 is 10.6 Å². The molecule has 108 valence electrons. The quantitative estimate of drug-likeness (QED) is 0.881. The molecular formula is C16H22N2O2. The molecule has 20 heavy (non-hydrogen) atoms. The molecule has 4 nitrogen and oxygen atoms in total. The van der Waals surface area contributed by atoms with Gasteiger partial charge in [0.25, 0.3) is 0 Å². The first-order valence-corrected chi connectivity index (χ1v) is 7.46. The van der Waals surface area contributed by atoms with Gasteiger partial charge in [0, 0.05) is 18.8 Å². The number of hydrogen-bond acceptors (Lipinski definition) is 3. The van der Waals surface area contributed by atoms with Gasteiger partial charge in [-0.25, -0.2) is 0 Å². The van der Waals surface area contributed by atoms with Crippen molar-refractivity contribution in [2.75, 3.05) is 18.0 Å². The lowest BCUT2D eigenvalue weighted by atomic mass is 9.85. The van der Waals surface area contributed by atoms with Crippen LogP contribution in [-0.2, 0) is 11.2 Å². The number of carboxylic acids is 1. The minimum Gasteiger partial charge on any atom is -0.480 e. The van der Waals surface area contributed by atoms with Crippen LogP contribution in [0.15, 0.2) is 24.3 Å². The maximum absolute atomic E-state index is 11.4. The predicted octanol–water partition coefficient (Wildman–Crippen LogP) is 2.02. The van der Waals surface area contributed by atoms with Gasteiger partial charge in [0.15, 0.2) is 0 Å². The van der Waals surface area contributed by atoms with Crippen LogP contribution in [0.4, 0.5) is 5.69 Å². The Morgan fingerprint density at radius 3 is 3.05 bits per heavy atom. The largest absolute Gasteiger partial charge is 0.480 e. The van der Waals surface area contributed by atoms with E-state index in [1.54, 1.807) is 0 Å². The topological polar surface area (TPSA) is 66.6 Å². The highest BCUT2D eigenvalue weighted by Gasteiger charge is 2.45. The first-order valence-electron chi connectivity index (χ1n) is 7.46. The molecular weight excluding hydrogens is 252 g/mol. The molecule has 1 aromatic rings. The van der Waals surface area contributed by atoms with E-state index < -0.39 is 11.5 Å². The Bertz CT molecular complexity index is 517. The van der Waals surface area contributed by atoms with Crippen molar-refractivity contribution in [1.82, 2.24) is 0 Å². The van der Waals surface area contributed by atoms with Gasteiger partial charge in [-0.3, -0.25) is 4.79 Å². The van der Waals surface area contributed by atoms with E-state index in [1.165, 1.54) is 11.3 Å². The monoisotopic (exact) mass is 274 g/mol. The van der Waals surface area contributed by atoms with Crippen molar-refractivity contribution >= 4 is 11.7 Å². The molecule has 1 fully saturated rings. The van der Waals surface area contributed by atoms with Gasteiger partial charge in [0.1, 0.15) is 5.54 Å². The van der Waals surface area contributed by atoms with Crippen LogP contribution in [0, 0.1) is 5.92 Å². The van der Waals surface area contributed by atoms with E-state index in [9.17, 15) is 9.90 Å². The summed E-state index contributed by atoms with van der Waals surface area (Å²) in [7, 11) is 0. The van der Waals surface area contributed by atoms with Crippen LogP contribution in [0.5, 0.6) is 0 Å². The van der Waals surface area contributed by atoms with Crippen molar-refractivity contribution < 1.29 is 9.90 Å². The van der Waals surface area contributed by atoms with Gasteiger partial charge in [-0.05, 0) is 43.2 Å². The van der Waals surface area contributed by atoms with Crippen molar-refractivity contribution in [2.24, 2.45) is 11.7 Å². The summed E-state index contributed by atoms with van der Waals surface area (Å²) in [6, 6.07) is 8.48. The highest BCUT2D eigenvalue weighted by molar-refractivity contribution is 5.79. The Kier molecular flexibility index (Phi) is 3.42. The third-order valence-electron chi connectivity index (χ3n) is 5.00. The summed E-state index contributed by atoms with van der Waals surface area (Å²) in [5.74, 6) is -0.727. The third-order valence-corrected chi connectivity index (χ3v) is 5.00. The number of fused-ring (bicyclic) bond motifs is 1. The summed E-state index contributed by atoms with van der Waals surface area (Å²) < 4.78 is 0. The molecule has 0 amide bonds. The SMILES string of the molecule is NC1(C(=O)O)CCCC1CCN1CCc2ccccc21. The summed E-state index contributed by atoms with van der Waals surface area (Å²) in [4.78, 5) is 13.8.